The van der Waals surface area contributed by atoms with Crippen molar-refractivity contribution in [3.63, 3.8) is 0 Å². The van der Waals surface area contributed by atoms with Gasteiger partial charge in [-0.05, 0) is 6.07 Å². The maximum Gasteiger partial charge on any atom is 0.292 e. The summed E-state index contributed by atoms with van der Waals surface area (Å²) in [5.74, 6) is -0.906. The van der Waals surface area contributed by atoms with Gasteiger partial charge in [-0.1, -0.05) is 0 Å². The molecular formula is C21H25N7O17P3-3. The Balaban J connectivity index is 1.21. The molecule has 2 fully saturated rings. The van der Waals surface area contributed by atoms with E-state index in [1.54, 1.807) is 0 Å². The fraction of sp³-hybridized carbons (Fsp3) is 0.476. The minimum atomic E-state index is -5.86. The molecule has 0 saturated carbocycles. The Morgan fingerprint density at radius 1 is 0.979 bits per heavy atom. The van der Waals surface area contributed by atoms with Gasteiger partial charge in [0.05, 0.1) is 27.4 Å². The van der Waals surface area contributed by atoms with Gasteiger partial charge in [0.15, 0.2) is 36.2 Å². The molecule has 3 aromatic rings. The van der Waals surface area contributed by atoms with E-state index in [0.717, 1.165) is 17.2 Å². The van der Waals surface area contributed by atoms with Gasteiger partial charge in [-0.15, -0.1) is 0 Å². The zero-order valence-corrected chi connectivity index (χ0v) is 26.5. The molecule has 0 radical (unpaired) electrons. The van der Waals surface area contributed by atoms with E-state index < -0.39 is 91.7 Å². The van der Waals surface area contributed by atoms with E-state index in [2.05, 4.69) is 32.8 Å². The van der Waals surface area contributed by atoms with E-state index in [0.29, 0.717) is 0 Å². The summed E-state index contributed by atoms with van der Waals surface area (Å²) >= 11 is 0. The highest BCUT2D eigenvalue weighted by molar-refractivity contribution is 7.59. The Morgan fingerprint density at radius 2 is 1.62 bits per heavy atom. The van der Waals surface area contributed by atoms with Crippen LogP contribution in [-0.2, 0) is 41.1 Å². The van der Waals surface area contributed by atoms with Gasteiger partial charge >= 0.3 is 0 Å². The third-order valence-corrected chi connectivity index (χ3v) is 9.99. The maximum absolute atomic E-state index is 12.4. The number of fused-ring (bicyclic) bond motifs is 1. The molecule has 0 spiro atoms. The molecular weight excluding hydrogens is 715 g/mol. The topological polar surface area (TPSA) is 376 Å². The molecule has 3 aromatic heterocycles. The molecule has 1 amide bonds. The normalized spacial score (nSPS) is 30.3. The number of hydrogen-bond acceptors (Lipinski definition) is 21. The summed E-state index contributed by atoms with van der Waals surface area (Å²) in [6.07, 6.45) is -9.25. The standard InChI is InChI=1S/C21H28N7O17P3/c22-17-12-19(25-7-24-17)28(8-26-12)21-16(44-46(33,34)35)14(30)11(43-21)6-41-48(38,39)45-47(36,37)40-5-10-13(29)15(31)20(42-10)27-3-1-2-9(4-27)18(23)32/h1-4,7-8,10-11,13-16,20-21,29-31H,5-6H2,(H7-,22,23,24,25,32,33,34,35,36,37,38,39)/p-3/t10-,11-,13+,14+,15?,16?,20-,21-/m1/s1. The van der Waals surface area contributed by atoms with Crippen molar-refractivity contribution in [3.8, 4) is 0 Å². The van der Waals surface area contributed by atoms with Gasteiger partial charge in [-0.3, -0.25) is 18.5 Å². The molecule has 2 saturated heterocycles. The van der Waals surface area contributed by atoms with Gasteiger partial charge in [0.25, 0.3) is 27.8 Å². The summed E-state index contributed by atoms with van der Waals surface area (Å²) in [4.78, 5) is 70.6. The summed E-state index contributed by atoms with van der Waals surface area (Å²) in [7, 11) is -17.5. The number of phosphoric ester groups is 3. The Labute approximate surface area is 267 Å². The zero-order chi connectivity index (χ0) is 35.2. The van der Waals surface area contributed by atoms with Crippen molar-refractivity contribution in [2.45, 2.75) is 49.1 Å². The van der Waals surface area contributed by atoms with Crippen molar-refractivity contribution in [1.29, 1.82) is 0 Å². The van der Waals surface area contributed by atoms with Crippen LogP contribution in [-0.4, -0.2) is 90.6 Å². The first kappa shape index (κ1) is 36.4. The van der Waals surface area contributed by atoms with Crippen molar-refractivity contribution in [2.75, 3.05) is 18.9 Å². The minimum Gasteiger partial charge on any atom is -0.790 e. The number of imidazole rings is 1. The number of anilines is 1. The third kappa shape index (κ3) is 8.12. The number of ether oxygens (including phenoxy) is 2. The molecule has 10 atom stereocenters. The Hall–Kier alpha value is -2.86. The lowest BCUT2D eigenvalue weighted by atomic mass is 10.1. The van der Waals surface area contributed by atoms with E-state index in [4.69, 9.17) is 20.9 Å². The molecule has 5 rings (SSSR count). The maximum atomic E-state index is 12.4. The molecule has 27 heteroatoms. The minimum absolute atomic E-state index is 0.0155. The monoisotopic (exact) mass is 740 g/mol. The zero-order valence-electron chi connectivity index (χ0n) is 23.8. The van der Waals surface area contributed by atoms with Gasteiger partial charge < -0.3 is 74.0 Å². The van der Waals surface area contributed by atoms with Crippen LogP contribution in [0.25, 0.3) is 11.2 Å². The number of rotatable bonds is 13. The van der Waals surface area contributed by atoms with Crippen LogP contribution in [0, 0.1) is 0 Å². The number of amides is 1. The summed E-state index contributed by atoms with van der Waals surface area (Å²) in [6.45, 7) is -2.27. The van der Waals surface area contributed by atoms with E-state index in [1.807, 2.05) is 0 Å². The van der Waals surface area contributed by atoms with Crippen molar-refractivity contribution in [1.82, 2.24) is 19.5 Å². The largest absolute Gasteiger partial charge is 0.790 e. The predicted molar refractivity (Wildman–Crippen MR) is 141 cm³/mol. The van der Waals surface area contributed by atoms with Crippen molar-refractivity contribution >= 4 is 46.4 Å². The first-order valence-corrected chi connectivity index (χ1v) is 17.7. The number of carbonyl (C=O) groups excluding carboxylic acids is 1. The Bertz CT molecular complexity index is 1810. The Kier molecular flexibility index (Phi) is 10.5. The van der Waals surface area contributed by atoms with Gasteiger partial charge in [0.2, 0.25) is 0 Å². The van der Waals surface area contributed by atoms with Crippen LogP contribution in [0.4, 0.5) is 5.82 Å². The quantitative estimate of drug-likeness (QED) is 0.0806. The van der Waals surface area contributed by atoms with Crippen LogP contribution in [0.15, 0.2) is 37.2 Å². The molecule has 0 bridgehead atoms. The van der Waals surface area contributed by atoms with Crippen LogP contribution in [0.1, 0.15) is 22.8 Å². The molecule has 0 aromatic carbocycles. The van der Waals surface area contributed by atoms with E-state index >= 15 is 0 Å². The highest BCUT2D eigenvalue weighted by Gasteiger charge is 2.49. The SMILES string of the molecule is NC(=O)c1ccc[n+]([C@@H]2O[C@H](COP(=O)([O-])OP(=O)([O-])OC[C@H]3O[C@@H](n4cnc5c(N)ncnc54)C(OP(=O)([O-])[O-])[C@H]3O)[C@H](O)C2O)c1. The van der Waals surface area contributed by atoms with E-state index in [-0.39, 0.29) is 22.5 Å². The van der Waals surface area contributed by atoms with E-state index in [9.17, 15) is 53.4 Å². The highest BCUT2D eigenvalue weighted by Crippen LogP contribution is 2.56. The second kappa shape index (κ2) is 13.8. The number of hydrogen-bond donors (Lipinski definition) is 5. The van der Waals surface area contributed by atoms with Gasteiger partial charge in [-0.25, -0.2) is 19.3 Å². The van der Waals surface area contributed by atoms with Crippen molar-refractivity contribution in [3.05, 3.63) is 42.7 Å². The number of nitrogens with two attached hydrogens (primary N) is 2. The molecule has 5 heterocycles. The second-order valence-electron chi connectivity index (χ2n) is 10.2. The van der Waals surface area contributed by atoms with Gasteiger partial charge in [-0.2, -0.15) is 4.57 Å². The smallest absolute Gasteiger partial charge is 0.292 e. The summed E-state index contributed by atoms with van der Waals surface area (Å²) in [5.41, 5.74) is 10.9. The number of nitrogen functional groups attached to an aromatic ring is 1. The molecule has 7 N–H and O–H groups in total. The average Bonchev–Trinajstić information content (AvgIpc) is 3.64. The predicted octanol–water partition coefficient (Wildman–Crippen LogP) is -5.43. The number of carbonyl (C=O) groups is 1. The van der Waals surface area contributed by atoms with Crippen molar-refractivity contribution < 1.29 is 85.3 Å². The van der Waals surface area contributed by atoms with Crippen LogP contribution >= 0.6 is 23.5 Å². The third-order valence-electron chi connectivity index (χ3n) is 6.96. The fourth-order valence-electron chi connectivity index (χ4n) is 4.81. The first-order valence-electron chi connectivity index (χ1n) is 13.3. The van der Waals surface area contributed by atoms with E-state index in [1.165, 1.54) is 29.1 Å². The average molecular weight is 740 g/mol. The second-order valence-corrected chi connectivity index (χ2v) is 14.2. The van der Waals surface area contributed by atoms with Crippen LogP contribution < -0.4 is 35.6 Å². The van der Waals surface area contributed by atoms with Crippen LogP contribution in [0.5, 0.6) is 0 Å². The fourth-order valence-corrected chi connectivity index (χ4v) is 7.35. The number of nitrogens with zero attached hydrogens (tertiary/aromatic N) is 5. The van der Waals surface area contributed by atoms with Gasteiger partial charge in [0, 0.05) is 6.07 Å². The van der Waals surface area contributed by atoms with Gasteiger partial charge in [0.1, 0.15) is 47.9 Å². The molecule has 264 valence electrons. The summed E-state index contributed by atoms with van der Waals surface area (Å²) in [6, 6.07) is 2.75. The molecule has 2 aliphatic rings. The number of aliphatic hydroxyl groups excluding tert-OH is 3. The lowest BCUT2D eigenvalue weighted by Gasteiger charge is -2.34. The molecule has 4 unspecified atom stereocenters. The lowest BCUT2D eigenvalue weighted by Crippen LogP contribution is -2.46. The Morgan fingerprint density at radius 3 is 2.25 bits per heavy atom. The van der Waals surface area contributed by atoms with Crippen LogP contribution in [0.2, 0.25) is 0 Å². The summed E-state index contributed by atoms with van der Waals surface area (Å²) in [5, 5.41) is 31.4. The van der Waals surface area contributed by atoms with Crippen molar-refractivity contribution in [2.24, 2.45) is 5.73 Å². The highest BCUT2D eigenvalue weighted by atomic mass is 31.3. The number of phosphoric acid groups is 3. The summed E-state index contributed by atoms with van der Waals surface area (Å²) < 4.78 is 66.7. The molecule has 48 heavy (non-hydrogen) atoms. The lowest BCUT2D eigenvalue weighted by molar-refractivity contribution is -0.765. The first-order chi connectivity index (χ1) is 22.4. The molecule has 2 aliphatic heterocycles. The number of aromatic nitrogens is 5. The number of aliphatic hydroxyl groups is 3. The number of pyridine rings is 1. The number of primary amides is 1. The molecule has 24 nitrogen and oxygen atoms in total. The van der Waals surface area contributed by atoms with Crippen LogP contribution in [0.3, 0.4) is 0 Å². The molecule has 0 aliphatic carbocycles.